The van der Waals surface area contributed by atoms with Gasteiger partial charge >= 0.3 is 0 Å². The van der Waals surface area contributed by atoms with Crippen LogP contribution in [0.1, 0.15) is 18.2 Å². The van der Waals surface area contributed by atoms with E-state index in [4.69, 9.17) is 0 Å². The number of rotatable bonds is 5. The molecule has 0 saturated carbocycles. The zero-order valence-corrected chi connectivity index (χ0v) is 11.0. The van der Waals surface area contributed by atoms with E-state index in [0.717, 1.165) is 23.7 Å². The van der Waals surface area contributed by atoms with E-state index in [9.17, 15) is 14.5 Å². The summed E-state index contributed by atoms with van der Waals surface area (Å²) in [6, 6.07) is 7.36. The van der Waals surface area contributed by atoms with Crippen LogP contribution in [0, 0.1) is 15.9 Å². The van der Waals surface area contributed by atoms with E-state index in [2.05, 4.69) is 10.3 Å². The van der Waals surface area contributed by atoms with Gasteiger partial charge in [0.05, 0.1) is 28.9 Å². The summed E-state index contributed by atoms with van der Waals surface area (Å²) in [6.07, 6.45) is 2.52. The molecule has 0 bridgehead atoms. The molecule has 1 aromatic heterocycles. The second kappa shape index (κ2) is 6.10. The summed E-state index contributed by atoms with van der Waals surface area (Å²) in [5.41, 5.74) is 1.89. The van der Waals surface area contributed by atoms with Crippen LogP contribution in [0.25, 0.3) is 0 Å². The van der Waals surface area contributed by atoms with Crippen LogP contribution in [0.5, 0.6) is 0 Å². The first-order chi connectivity index (χ1) is 9.61. The van der Waals surface area contributed by atoms with Crippen LogP contribution in [0.15, 0.2) is 36.5 Å². The summed E-state index contributed by atoms with van der Waals surface area (Å²) in [5.74, 6) is -0.645. The van der Waals surface area contributed by atoms with E-state index in [1.165, 1.54) is 12.1 Å². The number of pyridine rings is 1. The maximum absolute atomic E-state index is 13.7. The molecule has 0 unspecified atom stereocenters. The molecule has 5 nitrogen and oxygen atoms in total. The Morgan fingerprint density at radius 1 is 1.40 bits per heavy atom. The largest absolute Gasteiger partial charge is 0.377 e. The highest BCUT2D eigenvalue weighted by molar-refractivity contribution is 5.50. The maximum Gasteiger partial charge on any atom is 0.272 e. The average Bonchev–Trinajstić information content (AvgIpc) is 2.46. The summed E-state index contributed by atoms with van der Waals surface area (Å²) in [6.45, 7) is 2.39. The number of hydrogen-bond donors (Lipinski definition) is 1. The zero-order valence-electron chi connectivity index (χ0n) is 11.0. The molecule has 104 valence electrons. The lowest BCUT2D eigenvalue weighted by molar-refractivity contribution is -0.385. The minimum absolute atomic E-state index is 0.225. The summed E-state index contributed by atoms with van der Waals surface area (Å²) < 4.78 is 13.7. The molecule has 1 heterocycles. The molecule has 0 aliphatic heterocycles. The molecule has 0 amide bonds. The molecule has 6 heteroatoms. The highest BCUT2D eigenvalue weighted by Gasteiger charge is 2.11. The number of nitro groups is 1. The predicted octanol–water partition coefficient (Wildman–Crippen LogP) is 3.30. The van der Waals surface area contributed by atoms with Crippen LogP contribution in [-0.4, -0.2) is 9.91 Å². The van der Waals surface area contributed by atoms with E-state index in [1.807, 2.05) is 19.1 Å². The highest BCUT2D eigenvalue weighted by Crippen LogP contribution is 2.21. The summed E-state index contributed by atoms with van der Waals surface area (Å²) >= 11 is 0. The molecule has 20 heavy (non-hydrogen) atoms. The van der Waals surface area contributed by atoms with Crippen molar-refractivity contribution >= 4 is 11.4 Å². The number of aromatic nitrogens is 1. The normalized spacial score (nSPS) is 10.3. The Hall–Kier alpha value is -2.50. The first kappa shape index (κ1) is 13.9. The van der Waals surface area contributed by atoms with Gasteiger partial charge in [-0.25, -0.2) is 4.39 Å². The molecule has 1 aromatic carbocycles. The number of nitrogens with zero attached hydrogens (tertiary/aromatic N) is 2. The minimum Gasteiger partial charge on any atom is -0.377 e. The minimum atomic E-state index is -0.645. The second-order valence-electron chi connectivity index (χ2n) is 4.24. The number of anilines is 1. The molecule has 0 spiro atoms. The Kier molecular flexibility index (Phi) is 4.24. The van der Waals surface area contributed by atoms with E-state index in [1.54, 1.807) is 6.20 Å². The van der Waals surface area contributed by atoms with Crippen LogP contribution < -0.4 is 5.32 Å². The monoisotopic (exact) mass is 275 g/mol. The van der Waals surface area contributed by atoms with E-state index in [-0.39, 0.29) is 11.4 Å². The van der Waals surface area contributed by atoms with Gasteiger partial charge in [-0.2, -0.15) is 0 Å². The fourth-order valence-electron chi connectivity index (χ4n) is 1.89. The first-order valence-electron chi connectivity index (χ1n) is 6.22. The van der Waals surface area contributed by atoms with Crippen molar-refractivity contribution in [3.05, 3.63) is 63.7 Å². The van der Waals surface area contributed by atoms with Crippen LogP contribution >= 0.6 is 0 Å². The Labute approximate surface area is 115 Å². The smallest absolute Gasteiger partial charge is 0.272 e. The van der Waals surface area contributed by atoms with Gasteiger partial charge in [0.2, 0.25) is 0 Å². The number of nitrogens with one attached hydrogen (secondary N) is 1. The lowest BCUT2D eigenvalue weighted by atomic mass is 10.1. The third-order valence-corrected chi connectivity index (χ3v) is 2.98. The molecule has 0 radical (unpaired) electrons. The van der Waals surface area contributed by atoms with Gasteiger partial charge in [-0.3, -0.25) is 15.1 Å². The number of aryl methyl sites for hydroxylation is 1. The SMILES string of the molecule is CCc1cccnc1CNc1ccc([N+](=O)[O-])cc1F. The van der Waals surface area contributed by atoms with Gasteiger partial charge in [0.15, 0.2) is 5.82 Å². The number of hydrogen-bond acceptors (Lipinski definition) is 4. The number of nitro benzene ring substituents is 1. The van der Waals surface area contributed by atoms with Crippen LogP contribution in [0.2, 0.25) is 0 Å². The van der Waals surface area contributed by atoms with Gasteiger partial charge in [0.25, 0.3) is 5.69 Å². The molecule has 0 aliphatic carbocycles. The molecule has 0 aliphatic rings. The van der Waals surface area contributed by atoms with Crippen molar-refractivity contribution in [1.82, 2.24) is 4.98 Å². The Morgan fingerprint density at radius 3 is 2.85 bits per heavy atom. The van der Waals surface area contributed by atoms with Crippen molar-refractivity contribution in [2.75, 3.05) is 5.32 Å². The number of halogens is 1. The number of benzene rings is 1. The second-order valence-corrected chi connectivity index (χ2v) is 4.24. The van der Waals surface area contributed by atoms with Gasteiger partial charge < -0.3 is 5.32 Å². The Bertz CT molecular complexity index is 632. The van der Waals surface area contributed by atoms with Gasteiger partial charge in [-0.05, 0) is 24.1 Å². The van der Waals surface area contributed by atoms with Crippen molar-refractivity contribution in [3.63, 3.8) is 0 Å². The van der Waals surface area contributed by atoms with Gasteiger partial charge in [-0.1, -0.05) is 13.0 Å². The predicted molar refractivity (Wildman–Crippen MR) is 74.0 cm³/mol. The topological polar surface area (TPSA) is 68.1 Å². The first-order valence-corrected chi connectivity index (χ1v) is 6.22. The fourth-order valence-corrected chi connectivity index (χ4v) is 1.89. The quantitative estimate of drug-likeness (QED) is 0.671. The van der Waals surface area contributed by atoms with Crippen molar-refractivity contribution < 1.29 is 9.31 Å². The molecule has 0 saturated heterocycles. The molecule has 1 N–H and O–H groups in total. The standard InChI is InChI=1S/C14H14FN3O2/c1-2-10-4-3-7-16-14(10)9-17-13-6-5-11(18(19)20)8-12(13)15/h3-8,17H,2,9H2,1H3. The van der Waals surface area contributed by atoms with E-state index >= 15 is 0 Å². The average molecular weight is 275 g/mol. The van der Waals surface area contributed by atoms with Crippen LogP contribution in [-0.2, 0) is 13.0 Å². The van der Waals surface area contributed by atoms with Crippen molar-refractivity contribution in [1.29, 1.82) is 0 Å². The Balaban J connectivity index is 2.13. The lowest BCUT2D eigenvalue weighted by Crippen LogP contribution is -2.06. The molecular weight excluding hydrogens is 261 g/mol. The summed E-state index contributed by atoms with van der Waals surface area (Å²) in [4.78, 5) is 14.2. The van der Waals surface area contributed by atoms with Gasteiger partial charge in [-0.15, -0.1) is 0 Å². The maximum atomic E-state index is 13.7. The molecule has 2 rings (SSSR count). The zero-order chi connectivity index (χ0) is 14.5. The number of non-ortho nitro benzene ring substituents is 1. The highest BCUT2D eigenvalue weighted by atomic mass is 19.1. The van der Waals surface area contributed by atoms with E-state index < -0.39 is 10.7 Å². The molecular formula is C14H14FN3O2. The van der Waals surface area contributed by atoms with Crippen molar-refractivity contribution in [2.45, 2.75) is 19.9 Å². The molecule has 0 fully saturated rings. The lowest BCUT2D eigenvalue weighted by Gasteiger charge is -2.09. The summed E-state index contributed by atoms with van der Waals surface area (Å²) in [7, 11) is 0. The van der Waals surface area contributed by atoms with Crippen molar-refractivity contribution in [2.24, 2.45) is 0 Å². The Morgan fingerprint density at radius 2 is 2.20 bits per heavy atom. The fraction of sp³-hybridized carbons (Fsp3) is 0.214. The van der Waals surface area contributed by atoms with Crippen molar-refractivity contribution in [3.8, 4) is 0 Å². The third kappa shape index (κ3) is 3.09. The summed E-state index contributed by atoms with van der Waals surface area (Å²) in [5, 5.41) is 13.4. The molecule has 0 atom stereocenters. The van der Waals surface area contributed by atoms with E-state index in [0.29, 0.717) is 6.54 Å². The van der Waals surface area contributed by atoms with Crippen LogP contribution in [0.3, 0.4) is 0 Å². The molecule has 2 aromatic rings. The van der Waals surface area contributed by atoms with Crippen LogP contribution in [0.4, 0.5) is 15.8 Å². The van der Waals surface area contributed by atoms with Gasteiger partial charge in [0.1, 0.15) is 0 Å². The van der Waals surface area contributed by atoms with Gasteiger partial charge in [0, 0.05) is 12.3 Å². The third-order valence-electron chi connectivity index (χ3n) is 2.98.